The number of nitrogens with zero attached hydrogens (tertiary/aromatic N) is 3. The van der Waals surface area contributed by atoms with E-state index in [9.17, 15) is 0 Å². The number of piperidine rings is 1. The van der Waals surface area contributed by atoms with Gasteiger partial charge in [-0.3, -0.25) is 0 Å². The lowest BCUT2D eigenvalue weighted by atomic mass is 10.00. The summed E-state index contributed by atoms with van der Waals surface area (Å²) in [4.78, 5) is 10.2. The van der Waals surface area contributed by atoms with Gasteiger partial charge in [0.2, 0.25) is 5.95 Å². The van der Waals surface area contributed by atoms with E-state index in [2.05, 4.69) is 14.9 Å². The van der Waals surface area contributed by atoms with Gasteiger partial charge in [0.1, 0.15) is 11.0 Å². The van der Waals surface area contributed by atoms with Crippen LogP contribution < -0.4 is 10.6 Å². The molecule has 94 valence electrons. The number of aliphatic hydroxyl groups is 1. The molecule has 6 heteroatoms. The van der Waals surface area contributed by atoms with Crippen molar-refractivity contribution in [1.82, 2.24) is 9.97 Å². The van der Waals surface area contributed by atoms with Crippen molar-refractivity contribution < 1.29 is 5.11 Å². The molecule has 0 amide bonds. The second-order valence-electron chi connectivity index (χ2n) is 4.26. The second-order valence-corrected chi connectivity index (χ2v) is 4.65. The first-order chi connectivity index (χ1) is 8.20. The van der Waals surface area contributed by atoms with Crippen LogP contribution in [0.5, 0.6) is 0 Å². The lowest BCUT2D eigenvalue weighted by Gasteiger charge is -2.36. The first-order valence-corrected chi connectivity index (χ1v) is 6.26. The summed E-state index contributed by atoms with van der Waals surface area (Å²) >= 11 is 5.89. The zero-order valence-electron chi connectivity index (χ0n) is 9.64. The van der Waals surface area contributed by atoms with Crippen LogP contribution >= 0.6 is 11.6 Å². The van der Waals surface area contributed by atoms with Crippen molar-refractivity contribution in [3.05, 3.63) is 11.2 Å². The molecule has 1 saturated heterocycles. The van der Waals surface area contributed by atoms with Gasteiger partial charge in [-0.25, -0.2) is 4.98 Å². The molecule has 0 aliphatic carbocycles. The Balaban J connectivity index is 2.22. The smallest absolute Gasteiger partial charge is 0.223 e. The maximum absolute atomic E-state index is 9.08. The van der Waals surface area contributed by atoms with Gasteiger partial charge in [0.05, 0.1) is 0 Å². The van der Waals surface area contributed by atoms with E-state index in [0.717, 1.165) is 31.6 Å². The Bertz CT molecular complexity index is 365. The molecule has 1 aromatic heterocycles. The van der Waals surface area contributed by atoms with Gasteiger partial charge in [-0.15, -0.1) is 0 Å². The fourth-order valence-corrected chi connectivity index (χ4v) is 2.51. The fraction of sp³-hybridized carbons (Fsp3) is 0.636. The van der Waals surface area contributed by atoms with Crippen LogP contribution in [-0.2, 0) is 0 Å². The van der Waals surface area contributed by atoms with E-state index in [1.54, 1.807) is 6.07 Å². The van der Waals surface area contributed by atoms with Crippen LogP contribution in [0.25, 0.3) is 0 Å². The molecule has 1 fully saturated rings. The van der Waals surface area contributed by atoms with Gasteiger partial charge in [-0.2, -0.15) is 4.98 Å². The third kappa shape index (κ3) is 2.98. The molecule has 0 saturated carbocycles. The molecule has 1 aliphatic heterocycles. The summed E-state index contributed by atoms with van der Waals surface area (Å²) in [5, 5.41) is 9.44. The monoisotopic (exact) mass is 256 g/mol. The Morgan fingerprint density at radius 2 is 2.29 bits per heavy atom. The third-order valence-electron chi connectivity index (χ3n) is 3.08. The summed E-state index contributed by atoms with van der Waals surface area (Å²) in [6.07, 6.45) is 4.14. The van der Waals surface area contributed by atoms with Gasteiger partial charge in [0.15, 0.2) is 0 Å². The first-order valence-electron chi connectivity index (χ1n) is 5.88. The number of hydrogen-bond donors (Lipinski definition) is 2. The number of rotatable bonds is 3. The van der Waals surface area contributed by atoms with E-state index in [1.807, 2.05) is 0 Å². The van der Waals surface area contributed by atoms with Crippen molar-refractivity contribution in [2.24, 2.45) is 0 Å². The predicted molar refractivity (Wildman–Crippen MR) is 68.1 cm³/mol. The minimum absolute atomic E-state index is 0.190. The van der Waals surface area contributed by atoms with E-state index >= 15 is 0 Å². The molecule has 0 aromatic carbocycles. The number of anilines is 2. The third-order valence-corrected chi connectivity index (χ3v) is 3.28. The van der Waals surface area contributed by atoms with Crippen molar-refractivity contribution in [3.63, 3.8) is 0 Å². The molecule has 1 unspecified atom stereocenters. The molecule has 0 radical (unpaired) electrons. The summed E-state index contributed by atoms with van der Waals surface area (Å²) in [7, 11) is 0. The molecule has 1 atom stereocenters. The van der Waals surface area contributed by atoms with Crippen LogP contribution in [0, 0.1) is 0 Å². The number of aromatic nitrogens is 2. The molecule has 5 nitrogen and oxygen atoms in total. The minimum atomic E-state index is 0.190. The number of aliphatic hydroxyl groups excluding tert-OH is 1. The summed E-state index contributed by atoms with van der Waals surface area (Å²) in [5.74, 6) is 0.960. The molecule has 1 aliphatic rings. The average molecular weight is 257 g/mol. The van der Waals surface area contributed by atoms with Crippen molar-refractivity contribution in [2.75, 3.05) is 23.8 Å². The highest BCUT2D eigenvalue weighted by molar-refractivity contribution is 6.29. The zero-order valence-corrected chi connectivity index (χ0v) is 10.4. The van der Waals surface area contributed by atoms with E-state index in [-0.39, 0.29) is 12.6 Å². The molecule has 2 heterocycles. The SMILES string of the molecule is Nc1nc(Cl)cc(N2CCCCC2CCO)n1. The molecule has 2 rings (SSSR count). The molecule has 0 spiro atoms. The van der Waals surface area contributed by atoms with Crippen molar-refractivity contribution in [2.45, 2.75) is 31.7 Å². The van der Waals surface area contributed by atoms with Gasteiger partial charge in [0, 0.05) is 25.3 Å². The second kappa shape index (κ2) is 5.51. The van der Waals surface area contributed by atoms with Gasteiger partial charge in [0.25, 0.3) is 0 Å². The van der Waals surface area contributed by atoms with Gasteiger partial charge < -0.3 is 15.7 Å². The van der Waals surface area contributed by atoms with Crippen LogP contribution in [0.2, 0.25) is 5.15 Å². The van der Waals surface area contributed by atoms with Gasteiger partial charge >= 0.3 is 0 Å². The number of nitrogen functional groups attached to an aromatic ring is 1. The lowest BCUT2D eigenvalue weighted by molar-refractivity contribution is 0.262. The van der Waals surface area contributed by atoms with E-state index < -0.39 is 0 Å². The maximum atomic E-state index is 9.08. The molecule has 0 bridgehead atoms. The maximum Gasteiger partial charge on any atom is 0.223 e. The number of hydrogen-bond acceptors (Lipinski definition) is 5. The highest BCUT2D eigenvalue weighted by Crippen LogP contribution is 2.26. The Hall–Kier alpha value is -1.07. The minimum Gasteiger partial charge on any atom is -0.396 e. The van der Waals surface area contributed by atoms with Gasteiger partial charge in [-0.05, 0) is 25.7 Å². The Morgan fingerprint density at radius 3 is 3.00 bits per heavy atom. The molecule has 3 N–H and O–H groups in total. The van der Waals surface area contributed by atoms with E-state index in [1.165, 1.54) is 6.42 Å². The van der Waals surface area contributed by atoms with Crippen LogP contribution in [0.1, 0.15) is 25.7 Å². The summed E-state index contributed by atoms with van der Waals surface area (Å²) in [5.41, 5.74) is 5.60. The topological polar surface area (TPSA) is 75.3 Å². The zero-order chi connectivity index (χ0) is 12.3. The van der Waals surface area contributed by atoms with E-state index in [4.69, 9.17) is 22.4 Å². The highest BCUT2D eigenvalue weighted by atomic mass is 35.5. The van der Waals surface area contributed by atoms with E-state index in [0.29, 0.717) is 11.2 Å². The summed E-state index contributed by atoms with van der Waals surface area (Å²) in [6, 6.07) is 2.05. The predicted octanol–water partition coefficient (Wildman–Crippen LogP) is 1.45. The van der Waals surface area contributed by atoms with Crippen LogP contribution in [0.15, 0.2) is 6.07 Å². The molecular formula is C11H17ClN4O. The van der Waals surface area contributed by atoms with Crippen molar-refractivity contribution in [1.29, 1.82) is 0 Å². The normalized spacial score (nSPS) is 20.6. The van der Waals surface area contributed by atoms with Crippen molar-refractivity contribution in [3.8, 4) is 0 Å². The van der Waals surface area contributed by atoms with Crippen molar-refractivity contribution >= 4 is 23.4 Å². The van der Waals surface area contributed by atoms with Gasteiger partial charge in [-0.1, -0.05) is 11.6 Å². The molecule has 1 aromatic rings. The standard InChI is InChI=1S/C11H17ClN4O/c12-9-7-10(15-11(13)14-9)16-5-2-1-3-8(16)4-6-17/h7-8,17H,1-6H2,(H2,13,14,15). The quantitative estimate of drug-likeness (QED) is 0.801. The Kier molecular flexibility index (Phi) is 4.02. The fourth-order valence-electron chi connectivity index (χ4n) is 2.32. The Labute approximate surface area is 106 Å². The highest BCUT2D eigenvalue weighted by Gasteiger charge is 2.23. The molecular weight excluding hydrogens is 240 g/mol. The average Bonchev–Trinajstić information content (AvgIpc) is 2.29. The lowest BCUT2D eigenvalue weighted by Crippen LogP contribution is -2.40. The van der Waals surface area contributed by atoms with Crippen LogP contribution in [0.3, 0.4) is 0 Å². The van der Waals surface area contributed by atoms with Crippen LogP contribution in [0.4, 0.5) is 11.8 Å². The largest absolute Gasteiger partial charge is 0.396 e. The summed E-state index contributed by atoms with van der Waals surface area (Å²) in [6.45, 7) is 1.12. The number of nitrogens with two attached hydrogens (primary N) is 1. The first kappa shape index (κ1) is 12.4. The number of halogens is 1. The van der Waals surface area contributed by atoms with Crippen LogP contribution in [-0.4, -0.2) is 34.3 Å². The Morgan fingerprint density at radius 1 is 1.47 bits per heavy atom. The summed E-state index contributed by atoms with van der Waals surface area (Å²) < 4.78 is 0. The molecule has 17 heavy (non-hydrogen) atoms.